The van der Waals surface area contributed by atoms with E-state index in [0.29, 0.717) is 17.2 Å². The van der Waals surface area contributed by atoms with Crippen LogP contribution in [0.2, 0.25) is 0 Å². The van der Waals surface area contributed by atoms with Crippen LogP contribution in [0.4, 0.5) is 0 Å². The minimum Gasteiger partial charge on any atom is -0.484 e. The van der Waals surface area contributed by atoms with Gasteiger partial charge in [0, 0.05) is 5.39 Å². The lowest BCUT2D eigenvalue weighted by molar-refractivity contribution is -0.123. The molecule has 3 rings (SSSR count). The molecule has 2 aromatic carbocycles. The second kappa shape index (κ2) is 9.80. The molecule has 0 aliphatic rings. The number of hydrogen-bond donors (Lipinski definition) is 3. The van der Waals surface area contributed by atoms with Crippen molar-refractivity contribution in [2.75, 3.05) is 6.61 Å². The van der Waals surface area contributed by atoms with E-state index in [0.717, 1.165) is 5.39 Å². The molecule has 0 atom stereocenters. The minimum absolute atomic E-state index is 0.0513. The maximum Gasteiger partial charge on any atom is 0.276 e. The standard InChI is InChI=1S/C22H22N4O3S/c1-14(2)15-7-10-17(11-8-15)29-13-20(27)25-26-22(30)24-21(28)19-12-9-16-5-3-4-6-18(16)23-19/h3-12,14H,13H2,1-2H3,(H,25,27)(H2,24,26,28,30). The molecule has 1 aromatic heterocycles. The summed E-state index contributed by atoms with van der Waals surface area (Å²) in [6.45, 7) is 4.01. The van der Waals surface area contributed by atoms with Gasteiger partial charge in [-0.05, 0) is 48.0 Å². The van der Waals surface area contributed by atoms with Gasteiger partial charge in [0.05, 0.1) is 5.52 Å². The smallest absolute Gasteiger partial charge is 0.276 e. The van der Waals surface area contributed by atoms with E-state index in [-0.39, 0.29) is 17.4 Å². The summed E-state index contributed by atoms with van der Waals surface area (Å²) >= 11 is 5.03. The Bertz CT molecular complexity index is 1070. The Balaban J connectivity index is 1.44. The molecule has 0 radical (unpaired) electrons. The molecule has 3 N–H and O–H groups in total. The number of pyridine rings is 1. The van der Waals surface area contributed by atoms with Gasteiger partial charge in [-0.25, -0.2) is 4.98 Å². The fourth-order valence-corrected chi connectivity index (χ4v) is 2.80. The molecule has 0 unspecified atom stereocenters. The molecule has 0 aliphatic carbocycles. The first-order valence-electron chi connectivity index (χ1n) is 9.41. The van der Waals surface area contributed by atoms with Crippen LogP contribution in [0.15, 0.2) is 60.7 Å². The number of ether oxygens (including phenoxy) is 1. The van der Waals surface area contributed by atoms with Crippen molar-refractivity contribution >= 4 is 40.0 Å². The maximum absolute atomic E-state index is 12.3. The highest BCUT2D eigenvalue weighted by molar-refractivity contribution is 7.80. The molecular weight excluding hydrogens is 400 g/mol. The predicted octanol–water partition coefficient (Wildman–Crippen LogP) is 3.07. The van der Waals surface area contributed by atoms with Crippen molar-refractivity contribution in [3.63, 3.8) is 0 Å². The SMILES string of the molecule is CC(C)c1ccc(OCC(=O)NNC(=S)NC(=O)c2ccc3ccccc3n2)cc1. The molecule has 0 saturated carbocycles. The van der Waals surface area contributed by atoms with Gasteiger partial charge in [0.1, 0.15) is 11.4 Å². The summed E-state index contributed by atoms with van der Waals surface area (Å²) in [7, 11) is 0. The van der Waals surface area contributed by atoms with Gasteiger partial charge in [0.2, 0.25) is 0 Å². The number of thiocarbonyl (C=S) groups is 1. The summed E-state index contributed by atoms with van der Waals surface area (Å²) < 4.78 is 5.43. The van der Waals surface area contributed by atoms with Crippen LogP contribution >= 0.6 is 12.2 Å². The first-order valence-corrected chi connectivity index (χ1v) is 9.82. The van der Waals surface area contributed by atoms with Crippen LogP contribution in [0, 0.1) is 0 Å². The van der Waals surface area contributed by atoms with E-state index in [1.807, 2.05) is 48.5 Å². The number of hydrazine groups is 1. The van der Waals surface area contributed by atoms with E-state index in [2.05, 4.69) is 35.0 Å². The summed E-state index contributed by atoms with van der Waals surface area (Å²) in [4.78, 5) is 28.5. The minimum atomic E-state index is -0.478. The Morgan fingerprint density at radius 1 is 1.00 bits per heavy atom. The Hall–Kier alpha value is -3.52. The molecule has 154 valence electrons. The van der Waals surface area contributed by atoms with Gasteiger partial charge in [-0.2, -0.15) is 0 Å². The summed E-state index contributed by atoms with van der Waals surface area (Å²) in [6.07, 6.45) is 0. The molecule has 7 nitrogen and oxygen atoms in total. The third-order valence-corrected chi connectivity index (χ3v) is 4.49. The molecule has 1 heterocycles. The highest BCUT2D eigenvalue weighted by Crippen LogP contribution is 2.18. The number of hydrogen-bond acceptors (Lipinski definition) is 5. The van der Waals surface area contributed by atoms with Crippen LogP contribution in [0.3, 0.4) is 0 Å². The van der Waals surface area contributed by atoms with Crippen molar-refractivity contribution < 1.29 is 14.3 Å². The van der Waals surface area contributed by atoms with E-state index in [1.54, 1.807) is 12.1 Å². The average molecular weight is 423 g/mol. The summed E-state index contributed by atoms with van der Waals surface area (Å²) in [5.41, 5.74) is 6.97. The van der Waals surface area contributed by atoms with Crippen molar-refractivity contribution in [1.29, 1.82) is 0 Å². The lowest BCUT2D eigenvalue weighted by Gasteiger charge is -2.12. The van der Waals surface area contributed by atoms with E-state index in [9.17, 15) is 9.59 Å². The number of nitrogens with one attached hydrogen (secondary N) is 3. The molecule has 0 aliphatic heterocycles. The molecule has 8 heteroatoms. The van der Waals surface area contributed by atoms with Crippen molar-refractivity contribution in [1.82, 2.24) is 21.2 Å². The topological polar surface area (TPSA) is 92.4 Å². The van der Waals surface area contributed by atoms with Gasteiger partial charge in [-0.1, -0.05) is 50.2 Å². The zero-order valence-electron chi connectivity index (χ0n) is 16.6. The zero-order valence-corrected chi connectivity index (χ0v) is 17.5. The quantitative estimate of drug-likeness (QED) is 0.432. The van der Waals surface area contributed by atoms with Crippen molar-refractivity contribution in [3.05, 3.63) is 71.9 Å². The Labute approximate surface area is 179 Å². The lowest BCUT2D eigenvalue weighted by atomic mass is 10.0. The molecule has 30 heavy (non-hydrogen) atoms. The van der Waals surface area contributed by atoms with Crippen LogP contribution < -0.4 is 20.9 Å². The van der Waals surface area contributed by atoms with Gasteiger partial charge >= 0.3 is 0 Å². The molecule has 0 fully saturated rings. The summed E-state index contributed by atoms with van der Waals surface area (Å²) in [5, 5.41) is 3.35. The number of fused-ring (bicyclic) bond motifs is 1. The summed E-state index contributed by atoms with van der Waals surface area (Å²) in [5.74, 6) is 0.0951. The second-order valence-corrected chi connectivity index (χ2v) is 7.27. The van der Waals surface area contributed by atoms with Gasteiger partial charge in [-0.3, -0.25) is 25.8 Å². The van der Waals surface area contributed by atoms with Crippen molar-refractivity contribution in [2.24, 2.45) is 0 Å². The highest BCUT2D eigenvalue weighted by Gasteiger charge is 2.11. The van der Waals surface area contributed by atoms with Crippen LogP contribution in [0.5, 0.6) is 5.75 Å². The molecule has 3 aromatic rings. The van der Waals surface area contributed by atoms with Crippen LogP contribution in [0.25, 0.3) is 10.9 Å². The van der Waals surface area contributed by atoms with Crippen LogP contribution in [-0.4, -0.2) is 28.5 Å². The lowest BCUT2D eigenvalue weighted by Crippen LogP contribution is -2.49. The molecule has 0 bridgehead atoms. The Morgan fingerprint density at radius 3 is 2.47 bits per heavy atom. The normalized spacial score (nSPS) is 10.5. The fourth-order valence-electron chi connectivity index (χ4n) is 2.65. The number of amides is 2. The van der Waals surface area contributed by atoms with E-state index in [4.69, 9.17) is 17.0 Å². The number of para-hydroxylation sites is 1. The van der Waals surface area contributed by atoms with Crippen LogP contribution in [-0.2, 0) is 4.79 Å². The van der Waals surface area contributed by atoms with Crippen molar-refractivity contribution in [3.8, 4) is 5.75 Å². The third-order valence-electron chi connectivity index (χ3n) is 4.29. The number of nitrogens with zero attached hydrogens (tertiary/aromatic N) is 1. The highest BCUT2D eigenvalue weighted by atomic mass is 32.1. The summed E-state index contributed by atoms with van der Waals surface area (Å²) in [6, 6.07) is 18.4. The average Bonchev–Trinajstić information content (AvgIpc) is 2.76. The molecule has 0 spiro atoms. The Kier molecular flexibility index (Phi) is 6.92. The number of aromatic nitrogens is 1. The predicted molar refractivity (Wildman–Crippen MR) is 119 cm³/mol. The van der Waals surface area contributed by atoms with Gasteiger partial charge in [-0.15, -0.1) is 0 Å². The van der Waals surface area contributed by atoms with Crippen molar-refractivity contribution in [2.45, 2.75) is 19.8 Å². The van der Waals surface area contributed by atoms with E-state index >= 15 is 0 Å². The first-order chi connectivity index (χ1) is 14.4. The van der Waals surface area contributed by atoms with E-state index < -0.39 is 11.8 Å². The monoisotopic (exact) mass is 422 g/mol. The van der Waals surface area contributed by atoms with E-state index in [1.165, 1.54) is 5.56 Å². The molecular formula is C22H22N4O3S. The largest absolute Gasteiger partial charge is 0.484 e. The second-order valence-electron chi connectivity index (χ2n) is 6.86. The Morgan fingerprint density at radius 2 is 1.73 bits per heavy atom. The number of carbonyl (C=O) groups is 2. The molecule has 2 amide bonds. The fraction of sp³-hybridized carbons (Fsp3) is 0.182. The maximum atomic E-state index is 12.3. The van der Waals surface area contributed by atoms with Gasteiger partial charge in [0.25, 0.3) is 11.8 Å². The molecule has 0 saturated heterocycles. The number of rotatable bonds is 5. The van der Waals surface area contributed by atoms with Gasteiger partial charge in [0.15, 0.2) is 11.7 Å². The third kappa shape index (κ3) is 5.74. The first kappa shape index (κ1) is 21.2. The number of carbonyl (C=O) groups excluding carboxylic acids is 2. The zero-order chi connectivity index (χ0) is 21.5. The van der Waals surface area contributed by atoms with Gasteiger partial charge < -0.3 is 4.74 Å². The van der Waals surface area contributed by atoms with Crippen LogP contribution in [0.1, 0.15) is 35.8 Å². The number of benzene rings is 2.